The van der Waals surface area contributed by atoms with Crippen LogP contribution in [0.2, 0.25) is 5.02 Å². The van der Waals surface area contributed by atoms with Gasteiger partial charge in [0.25, 0.3) is 15.7 Å². The summed E-state index contributed by atoms with van der Waals surface area (Å²) in [6.45, 7) is 10.2. The van der Waals surface area contributed by atoms with Crippen molar-refractivity contribution in [2.45, 2.75) is 56.4 Å². The van der Waals surface area contributed by atoms with Gasteiger partial charge in [0.2, 0.25) is 0 Å². The van der Waals surface area contributed by atoms with Crippen LogP contribution in [-0.4, -0.2) is 18.9 Å². The Bertz CT molecular complexity index is 1040. The maximum absolute atomic E-state index is 13.0. The van der Waals surface area contributed by atoms with E-state index in [1.54, 1.807) is 24.3 Å². The number of hydrogen-bond donors (Lipinski definition) is 1. The first-order chi connectivity index (χ1) is 13.7. The fraction of sp³-hybridized carbons (Fsp3) is 0.400. The van der Waals surface area contributed by atoms with Crippen LogP contribution in [0.5, 0.6) is 0 Å². The summed E-state index contributed by atoms with van der Waals surface area (Å²) in [6, 6.07) is 11.6. The van der Waals surface area contributed by atoms with Crippen molar-refractivity contribution in [3.05, 3.63) is 63.7 Å². The molecule has 0 radical (unpaired) electrons. The molecular weight excluding hydrogens is 446 g/mol. The Morgan fingerprint density at radius 3 is 2.03 bits per heavy atom. The Labute approximate surface area is 185 Å². The van der Waals surface area contributed by atoms with Gasteiger partial charge in [-0.05, 0) is 62.1 Å². The Hall–Kier alpha value is -1.81. The number of nitrogens with zero attached hydrogens (tertiary/aromatic N) is 2. The molecule has 30 heavy (non-hydrogen) atoms. The van der Waals surface area contributed by atoms with Crippen molar-refractivity contribution >= 4 is 38.2 Å². The largest absolute Gasteiger partial charge is 0.269 e. The lowest BCUT2D eigenvalue weighted by molar-refractivity contribution is -0.384. The van der Waals surface area contributed by atoms with Crippen LogP contribution < -0.4 is 4.13 Å². The van der Waals surface area contributed by atoms with E-state index in [1.165, 1.54) is 12.1 Å². The first kappa shape index (κ1) is 24.5. The molecule has 0 aliphatic carbocycles. The molecule has 0 aliphatic rings. The van der Waals surface area contributed by atoms with Crippen LogP contribution in [0.3, 0.4) is 0 Å². The summed E-state index contributed by atoms with van der Waals surface area (Å²) < 4.78 is 33.4. The number of nitro groups is 1. The molecule has 1 N–H and O–H groups in total. The van der Waals surface area contributed by atoms with E-state index < -0.39 is 31.4 Å². The van der Waals surface area contributed by atoms with Crippen LogP contribution in [-0.2, 0) is 20.9 Å². The fourth-order valence-electron chi connectivity index (χ4n) is 3.16. The van der Waals surface area contributed by atoms with Crippen molar-refractivity contribution in [2.75, 3.05) is 0 Å². The highest BCUT2D eigenvalue weighted by molar-refractivity contribution is 8.02. The quantitative estimate of drug-likeness (QED) is 0.424. The number of nitro benzene ring substituents is 1. The number of nitrogens with one attached hydrogen (secondary N) is 1. The molecule has 2 rings (SSSR count). The molecule has 0 fully saturated rings. The summed E-state index contributed by atoms with van der Waals surface area (Å²) in [7, 11) is -5.15. The third-order valence-corrected chi connectivity index (χ3v) is 7.93. The van der Waals surface area contributed by atoms with Crippen molar-refractivity contribution in [1.82, 2.24) is 4.13 Å². The van der Waals surface area contributed by atoms with E-state index in [-0.39, 0.29) is 16.0 Å². The Kier molecular flexibility index (Phi) is 7.45. The van der Waals surface area contributed by atoms with Gasteiger partial charge in [-0.25, -0.2) is 12.8 Å². The SMILES string of the molecule is CC(C)(C)CC(C)(C)N=S(NS(=O)(=O)c1ccc([N+](=O)[O-])cc1)c1ccc(Cl)cc1. The van der Waals surface area contributed by atoms with Gasteiger partial charge in [-0.1, -0.05) is 32.4 Å². The van der Waals surface area contributed by atoms with Crippen LogP contribution in [0.4, 0.5) is 5.69 Å². The first-order valence-corrected chi connectivity index (χ1v) is 12.2. The molecule has 0 spiro atoms. The van der Waals surface area contributed by atoms with Gasteiger partial charge in [-0.3, -0.25) is 10.1 Å². The predicted molar refractivity (Wildman–Crippen MR) is 121 cm³/mol. The van der Waals surface area contributed by atoms with Crippen LogP contribution >= 0.6 is 11.6 Å². The van der Waals surface area contributed by atoms with Crippen LogP contribution in [0, 0.1) is 15.5 Å². The van der Waals surface area contributed by atoms with Gasteiger partial charge < -0.3 is 0 Å². The predicted octanol–water partition coefficient (Wildman–Crippen LogP) is 5.52. The molecular formula is C20H26ClN3O4S2. The maximum atomic E-state index is 13.0. The summed E-state index contributed by atoms with van der Waals surface area (Å²) >= 11 is 5.98. The maximum Gasteiger partial charge on any atom is 0.269 e. The number of rotatable bonds is 7. The summed E-state index contributed by atoms with van der Waals surface area (Å²) in [4.78, 5) is 10.9. The van der Waals surface area contributed by atoms with Gasteiger partial charge in [0.05, 0.1) is 15.4 Å². The van der Waals surface area contributed by atoms with E-state index >= 15 is 0 Å². The van der Waals surface area contributed by atoms with Gasteiger partial charge in [0, 0.05) is 32.9 Å². The lowest BCUT2D eigenvalue weighted by Gasteiger charge is -2.30. The van der Waals surface area contributed by atoms with Crippen LogP contribution in [0.15, 0.2) is 62.7 Å². The van der Waals surface area contributed by atoms with E-state index in [4.69, 9.17) is 16.0 Å². The monoisotopic (exact) mass is 471 g/mol. The molecule has 2 aromatic rings. The standard InChI is InChI=1S/C20H26ClN3O4S2/c1-19(2,3)14-20(4,5)22-29(17-10-6-15(21)7-11-17)23-30(27,28)18-12-8-16(9-13-18)24(25)26/h6-13H,14H2,1-5H3,(H,22,23). The number of sulfonamides is 1. The lowest BCUT2D eigenvalue weighted by Crippen LogP contribution is -2.31. The molecule has 1 unspecified atom stereocenters. The molecule has 7 nitrogen and oxygen atoms in total. The molecule has 0 saturated heterocycles. The highest BCUT2D eigenvalue weighted by Crippen LogP contribution is 2.31. The molecule has 0 heterocycles. The van der Waals surface area contributed by atoms with Crippen LogP contribution in [0.25, 0.3) is 0 Å². The Morgan fingerprint density at radius 1 is 1.03 bits per heavy atom. The second-order valence-corrected chi connectivity index (χ2v) is 12.5. The van der Waals surface area contributed by atoms with E-state index in [2.05, 4.69) is 24.9 Å². The number of benzene rings is 2. The number of non-ortho nitro benzene ring substituents is 1. The van der Waals surface area contributed by atoms with Gasteiger partial charge in [-0.15, -0.1) is 4.13 Å². The zero-order chi connectivity index (χ0) is 22.7. The Morgan fingerprint density at radius 2 is 1.57 bits per heavy atom. The second kappa shape index (κ2) is 9.13. The summed E-state index contributed by atoms with van der Waals surface area (Å²) in [5, 5.41) is 11.4. The van der Waals surface area contributed by atoms with Crippen molar-refractivity contribution in [3.63, 3.8) is 0 Å². The van der Waals surface area contributed by atoms with E-state index in [1.807, 2.05) is 13.8 Å². The third kappa shape index (κ3) is 7.16. The van der Waals surface area contributed by atoms with Crippen molar-refractivity contribution < 1.29 is 13.3 Å². The Balaban J connectivity index is 2.47. The van der Waals surface area contributed by atoms with Gasteiger partial charge in [0.1, 0.15) is 0 Å². The molecule has 0 saturated carbocycles. The molecule has 0 aliphatic heterocycles. The third-order valence-electron chi connectivity index (χ3n) is 3.88. The minimum Gasteiger partial charge on any atom is -0.258 e. The van der Waals surface area contributed by atoms with Crippen molar-refractivity contribution in [3.8, 4) is 0 Å². The average molecular weight is 472 g/mol. The van der Waals surface area contributed by atoms with Crippen molar-refractivity contribution in [1.29, 1.82) is 0 Å². The summed E-state index contributed by atoms with van der Waals surface area (Å²) in [6.07, 6.45) is 0.746. The molecule has 0 bridgehead atoms. The topological polar surface area (TPSA) is 102 Å². The van der Waals surface area contributed by atoms with E-state index in [0.29, 0.717) is 9.92 Å². The minimum absolute atomic E-state index is 0.000728. The highest BCUT2D eigenvalue weighted by Gasteiger charge is 2.27. The molecule has 164 valence electrons. The lowest BCUT2D eigenvalue weighted by atomic mass is 9.82. The average Bonchev–Trinajstić information content (AvgIpc) is 2.59. The van der Waals surface area contributed by atoms with E-state index in [9.17, 15) is 18.5 Å². The normalized spacial score (nSPS) is 13.9. The zero-order valence-electron chi connectivity index (χ0n) is 17.5. The van der Waals surface area contributed by atoms with Gasteiger partial charge >= 0.3 is 0 Å². The molecule has 1 atom stereocenters. The molecule has 2 aromatic carbocycles. The summed E-state index contributed by atoms with van der Waals surface area (Å²) in [5.41, 5.74) is -0.681. The van der Waals surface area contributed by atoms with Crippen LogP contribution in [0.1, 0.15) is 41.0 Å². The van der Waals surface area contributed by atoms with Crippen molar-refractivity contribution in [2.24, 2.45) is 9.78 Å². The smallest absolute Gasteiger partial charge is 0.258 e. The number of halogens is 1. The minimum atomic E-state index is -3.96. The zero-order valence-corrected chi connectivity index (χ0v) is 19.9. The second-order valence-electron chi connectivity index (χ2n) is 8.72. The fourth-order valence-corrected chi connectivity index (χ4v) is 6.59. The number of hydrogen-bond acceptors (Lipinski definition) is 5. The summed E-state index contributed by atoms with van der Waals surface area (Å²) in [5.74, 6) is 0. The molecule has 0 amide bonds. The first-order valence-electron chi connectivity index (χ1n) is 9.18. The highest BCUT2D eigenvalue weighted by atomic mass is 35.5. The van der Waals surface area contributed by atoms with E-state index in [0.717, 1.165) is 18.6 Å². The van der Waals surface area contributed by atoms with Gasteiger partial charge in [0.15, 0.2) is 0 Å². The molecule has 0 aromatic heterocycles. The van der Waals surface area contributed by atoms with Gasteiger partial charge in [-0.2, -0.15) is 0 Å². The molecule has 10 heteroatoms.